The van der Waals surface area contributed by atoms with E-state index in [1.165, 1.54) is 18.2 Å². The molecule has 1 heterocycles. The quantitative estimate of drug-likeness (QED) is 0.674. The number of hydrogen-bond donors (Lipinski definition) is 1. The number of cyclic esters (lactones) is 2. The Kier molecular flexibility index (Phi) is 6.29. The molecule has 5 nitrogen and oxygen atoms in total. The molecule has 0 aromatic rings. The lowest BCUT2D eigenvalue weighted by atomic mass is 10.1. The van der Waals surface area contributed by atoms with Crippen LogP contribution in [0, 0.1) is 0 Å². The third-order valence-corrected chi connectivity index (χ3v) is 2.68. The number of aliphatic hydroxyl groups is 1. The molecule has 106 valence electrons. The van der Waals surface area contributed by atoms with Crippen LogP contribution in [0.3, 0.4) is 0 Å². The van der Waals surface area contributed by atoms with E-state index in [-0.39, 0.29) is 12.2 Å². The van der Waals surface area contributed by atoms with Crippen LogP contribution >= 0.6 is 0 Å². The van der Waals surface area contributed by atoms with Crippen molar-refractivity contribution in [1.82, 2.24) is 0 Å². The molecular weight excluding hydrogens is 248 g/mol. The minimum Gasteiger partial charge on any atom is -0.460 e. The molecule has 0 spiro atoms. The maximum Gasteiger partial charge on any atom is 0.330 e. The van der Waals surface area contributed by atoms with Crippen LogP contribution < -0.4 is 0 Å². The second-order valence-corrected chi connectivity index (χ2v) is 4.64. The van der Waals surface area contributed by atoms with Gasteiger partial charge in [-0.2, -0.15) is 0 Å². The normalized spacial score (nSPS) is 33.7. The average Bonchev–Trinajstić information content (AvgIpc) is 2.32. The second-order valence-electron chi connectivity index (χ2n) is 4.64. The van der Waals surface area contributed by atoms with Crippen LogP contribution in [-0.2, 0) is 19.1 Å². The highest BCUT2D eigenvalue weighted by molar-refractivity contribution is 5.82. The summed E-state index contributed by atoms with van der Waals surface area (Å²) in [5.74, 6) is -0.916. The summed E-state index contributed by atoms with van der Waals surface area (Å²) in [7, 11) is 0. The molecular formula is C14H20O5. The van der Waals surface area contributed by atoms with E-state index in [0.717, 1.165) is 0 Å². The van der Waals surface area contributed by atoms with Crippen molar-refractivity contribution in [3.05, 3.63) is 24.3 Å². The monoisotopic (exact) mass is 268 g/mol. The Labute approximate surface area is 112 Å². The summed E-state index contributed by atoms with van der Waals surface area (Å²) in [4.78, 5) is 22.8. The number of rotatable bonds is 0. The molecule has 0 saturated carbocycles. The molecule has 1 aliphatic rings. The number of ether oxygens (including phenoxy) is 2. The summed E-state index contributed by atoms with van der Waals surface area (Å²) in [6.45, 7) is 3.50. The zero-order valence-corrected chi connectivity index (χ0v) is 11.2. The minimum absolute atomic E-state index is 0.271. The minimum atomic E-state index is -0.748. The van der Waals surface area contributed by atoms with Gasteiger partial charge in [0.15, 0.2) is 0 Å². The van der Waals surface area contributed by atoms with Crippen LogP contribution in [0.25, 0.3) is 0 Å². The third kappa shape index (κ3) is 6.76. The molecule has 0 aromatic carbocycles. The van der Waals surface area contributed by atoms with Crippen molar-refractivity contribution in [2.24, 2.45) is 0 Å². The fraction of sp³-hybridized carbons (Fsp3) is 0.571. The molecule has 1 rings (SSSR count). The Hall–Kier alpha value is -1.62. The molecule has 0 bridgehead atoms. The van der Waals surface area contributed by atoms with Gasteiger partial charge in [-0.05, 0) is 32.8 Å². The summed E-state index contributed by atoms with van der Waals surface area (Å²) in [5, 5.41) is 9.64. The first-order chi connectivity index (χ1) is 8.97. The molecule has 1 N–H and O–H groups in total. The van der Waals surface area contributed by atoms with Crippen molar-refractivity contribution < 1.29 is 24.2 Å². The molecule has 0 radical (unpaired) electrons. The molecule has 0 amide bonds. The van der Waals surface area contributed by atoms with Crippen LogP contribution in [-0.4, -0.2) is 35.4 Å². The zero-order chi connectivity index (χ0) is 14.3. The smallest absolute Gasteiger partial charge is 0.330 e. The molecule has 3 atom stereocenters. The molecule has 1 aliphatic heterocycles. The number of esters is 2. The SMILES string of the molecule is C[C@@H]1C/C=C/C(=O)O[C@H](C)CCC(O)/C=C/C(=O)O1. The van der Waals surface area contributed by atoms with E-state index >= 15 is 0 Å². The Morgan fingerprint density at radius 2 is 1.68 bits per heavy atom. The van der Waals surface area contributed by atoms with Crippen LogP contribution in [0.2, 0.25) is 0 Å². The van der Waals surface area contributed by atoms with Crippen LogP contribution in [0.1, 0.15) is 33.1 Å². The van der Waals surface area contributed by atoms with Gasteiger partial charge in [-0.15, -0.1) is 0 Å². The number of hydrogen-bond acceptors (Lipinski definition) is 5. The third-order valence-electron chi connectivity index (χ3n) is 2.68. The van der Waals surface area contributed by atoms with E-state index < -0.39 is 18.0 Å². The molecule has 5 heteroatoms. The lowest BCUT2D eigenvalue weighted by molar-refractivity contribution is -0.142. The van der Waals surface area contributed by atoms with Gasteiger partial charge in [-0.3, -0.25) is 0 Å². The first-order valence-electron chi connectivity index (χ1n) is 6.41. The maximum absolute atomic E-state index is 11.4. The summed E-state index contributed by atoms with van der Waals surface area (Å²) >= 11 is 0. The van der Waals surface area contributed by atoms with Crippen molar-refractivity contribution in [3.63, 3.8) is 0 Å². The summed E-state index contributed by atoms with van der Waals surface area (Å²) in [6, 6.07) is 0. The van der Waals surface area contributed by atoms with Crippen molar-refractivity contribution in [2.75, 3.05) is 0 Å². The average molecular weight is 268 g/mol. The molecule has 1 unspecified atom stereocenters. The summed E-state index contributed by atoms with van der Waals surface area (Å²) in [5.41, 5.74) is 0. The summed E-state index contributed by atoms with van der Waals surface area (Å²) < 4.78 is 10.2. The van der Waals surface area contributed by atoms with Gasteiger partial charge in [0.2, 0.25) is 0 Å². The van der Waals surface area contributed by atoms with Crippen molar-refractivity contribution in [3.8, 4) is 0 Å². The molecule has 0 saturated heterocycles. The van der Waals surface area contributed by atoms with Crippen LogP contribution in [0.4, 0.5) is 0 Å². The first kappa shape index (κ1) is 15.4. The van der Waals surface area contributed by atoms with Gasteiger partial charge in [0, 0.05) is 18.6 Å². The largest absolute Gasteiger partial charge is 0.460 e. The summed E-state index contributed by atoms with van der Waals surface area (Å²) in [6.07, 6.45) is 5.60. The molecule has 0 fully saturated rings. The Bertz CT molecular complexity index is 372. The number of carbonyl (C=O) groups is 2. The van der Waals surface area contributed by atoms with Gasteiger partial charge in [0.25, 0.3) is 0 Å². The Morgan fingerprint density at radius 1 is 1.05 bits per heavy atom. The van der Waals surface area contributed by atoms with E-state index in [2.05, 4.69) is 0 Å². The first-order valence-corrected chi connectivity index (χ1v) is 6.41. The highest BCUT2D eigenvalue weighted by Gasteiger charge is 2.11. The molecule has 0 aliphatic carbocycles. The van der Waals surface area contributed by atoms with E-state index in [0.29, 0.717) is 19.3 Å². The van der Waals surface area contributed by atoms with Gasteiger partial charge < -0.3 is 14.6 Å². The fourth-order valence-electron chi connectivity index (χ4n) is 1.63. The zero-order valence-electron chi connectivity index (χ0n) is 11.2. The van der Waals surface area contributed by atoms with Crippen molar-refractivity contribution in [1.29, 1.82) is 0 Å². The van der Waals surface area contributed by atoms with Crippen molar-refractivity contribution >= 4 is 11.9 Å². The van der Waals surface area contributed by atoms with E-state index in [1.807, 2.05) is 0 Å². The van der Waals surface area contributed by atoms with E-state index in [4.69, 9.17) is 9.47 Å². The lowest BCUT2D eigenvalue weighted by Crippen LogP contribution is -2.17. The fourth-order valence-corrected chi connectivity index (χ4v) is 1.63. The predicted octanol–water partition coefficient (Wildman–Crippen LogP) is 1.51. The Balaban J connectivity index is 2.69. The van der Waals surface area contributed by atoms with Gasteiger partial charge >= 0.3 is 11.9 Å². The highest BCUT2D eigenvalue weighted by Crippen LogP contribution is 2.08. The topological polar surface area (TPSA) is 72.8 Å². The Morgan fingerprint density at radius 3 is 2.42 bits per heavy atom. The number of aliphatic hydroxyl groups excluding tert-OH is 1. The van der Waals surface area contributed by atoms with Gasteiger partial charge in [0.05, 0.1) is 12.2 Å². The van der Waals surface area contributed by atoms with Gasteiger partial charge in [-0.1, -0.05) is 6.08 Å². The lowest BCUT2D eigenvalue weighted by Gasteiger charge is -2.14. The van der Waals surface area contributed by atoms with Gasteiger partial charge in [0.1, 0.15) is 6.10 Å². The highest BCUT2D eigenvalue weighted by atomic mass is 16.5. The van der Waals surface area contributed by atoms with E-state index in [1.54, 1.807) is 19.9 Å². The van der Waals surface area contributed by atoms with E-state index in [9.17, 15) is 14.7 Å². The predicted molar refractivity (Wildman–Crippen MR) is 69.2 cm³/mol. The maximum atomic E-state index is 11.4. The van der Waals surface area contributed by atoms with Crippen molar-refractivity contribution in [2.45, 2.75) is 51.4 Å². The van der Waals surface area contributed by atoms with Gasteiger partial charge in [-0.25, -0.2) is 9.59 Å². The standard InChI is InChI=1S/C14H20O5/c1-10-4-3-5-13(16)19-11(2)6-7-12(15)8-9-14(17)18-10/h3,5,8-12,15H,4,6-7H2,1-2H3/b5-3+,9-8+/t10-,11-,12?/m1/s1. The second kappa shape index (κ2) is 7.74. The van der Waals surface area contributed by atoms with Crippen LogP contribution in [0.5, 0.6) is 0 Å². The number of carbonyl (C=O) groups excluding carboxylic acids is 2. The van der Waals surface area contributed by atoms with Crippen LogP contribution in [0.15, 0.2) is 24.3 Å². The molecule has 0 aromatic heterocycles. The molecule has 19 heavy (non-hydrogen) atoms.